The third-order valence-corrected chi connectivity index (χ3v) is 13.1. The normalized spacial score (nSPS) is 17.5. The molecule has 8 aromatic rings. The fourth-order valence-electron chi connectivity index (χ4n) is 8.98. The number of aromatic nitrogens is 8. The number of fused-ring (bicyclic) bond motifs is 2. The first-order valence-corrected chi connectivity index (χ1v) is 25.0. The molecule has 19 heteroatoms. The fourth-order valence-corrected chi connectivity index (χ4v) is 8.98. The second-order valence-corrected chi connectivity index (χ2v) is 18.4. The summed E-state index contributed by atoms with van der Waals surface area (Å²) in [5.41, 5.74) is 7.08. The molecule has 2 aliphatic rings. The lowest BCUT2D eigenvalue weighted by molar-refractivity contribution is 0.0943. The zero-order valence-electron chi connectivity index (χ0n) is 40.9. The number of nitrogens with zero attached hydrogens (tertiary/aromatic N) is 8. The van der Waals surface area contributed by atoms with E-state index < -0.39 is 0 Å². The average Bonchev–Trinajstić information content (AvgIpc) is 4.04. The molecule has 2 fully saturated rings. The highest BCUT2D eigenvalue weighted by atomic mass is 19.1. The van der Waals surface area contributed by atoms with Crippen LogP contribution in [0, 0.1) is 5.82 Å². The molecule has 4 aromatic heterocycles. The number of amides is 2. The van der Waals surface area contributed by atoms with Gasteiger partial charge in [-0.25, -0.2) is 14.4 Å². The Morgan fingerprint density at radius 2 is 1.00 bits per heavy atom. The molecule has 0 saturated heterocycles. The van der Waals surface area contributed by atoms with Crippen molar-refractivity contribution in [2.75, 3.05) is 21.3 Å². The number of hydrogen-bond acceptors (Lipinski definition) is 14. The Hall–Kier alpha value is -8.03. The maximum Gasteiger partial charge on any atom is 0.251 e. The van der Waals surface area contributed by atoms with Crippen LogP contribution in [0.1, 0.15) is 97.1 Å². The van der Waals surface area contributed by atoms with Gasteiger partial charge in [-0.2, -0.15) is 19.9 Å². The van der Waals surface area contributed by atoms with Gasteiger partial charge in [-0.1, -0.05) is 54.6 Å². The SMILES string of the molecule is CCn1cnc2c(Nc3cccc(C(=O)NCc4ccc(F)cc4)c3)nc(NC3CCC(O)CC3)nc21.CCn1cnc2c(Nc3cccc(C(=O)NCc4ccccc4)c3)nc(NC3CCC(O)CC3)nc21. The molecule has 2 saturated carbocycles. The molecule has 0 unspecified atom stereocenters. The topological polar surface area (TPSA) is 234 Å². The summed E-state index contributed by atoms with van der Waals surface area (Å²) < 4.78 is 17.1. The molecule has 0 aliphatic heterocycles. The molecule has 0 spiro atoms. The first kappa shape index (κ1) is 49.9. The Morgan fingerprint density at radius 1 is 0.562 bits per heavy atom. The standard InChI is InChI=1S/C27H30FN7O2.C27H31N7O2/c1-2-35-16-30-23-24(33-27(34-25(23)35)32-20-10-12-22(36)13-11-20)31-21-5-3-4-18(14-21)26(37)29-15-17-6-8-19(28)9-7-17;1-2-34-17-29-23-24(32-27(33-25(23)34)31-20-11-13-22(35)14-12-20)30-21-10-6-9-19(15-21)26(36)28-16-18-7-4-3-5-8-18/h3-9,14,16,20,22,36H,2,10-13,15H2,1H3,(H,29,37)(H2,31,32,33,34);3-10,15,17,20,22,35H,2,11-14,16H2,1H3,(H,28,36)(H2,30,31,32,33). The summed E-state index contributed by atoms with van der Waals surface area (Å²) in [6.07, 6.45) is 9.57. The number of benzene rings is 4. The third-order valence-electron chi connectivity index (χ3n) is 13.1. The van der Waals surface area contributed by atoms with E-state index in [1.165, 1.54) is 12.1 Å². The molecule has 0 atom stereocenters. The first-order valence-electron chi connectivity index (χ1n) is 25.0. The quantitative estimate of drug-likeness (QED) is 0.0453. The van der Waals surface area contributed by atoms with E-state index in [0.29, 0.717) is 76.7 Å². The highest BCUT2D eigenvalue weighted by molar-refractivity contribution is 5.96. The van der Waals surface area contributed by atoms with E-state index in [1.54, 1.807) is 55.1 Å². The van der Waals surface area contributed by atoms with E-state index in [9.17, 15) is 24.2 Å². The monoisotopic (exact) mass is 988 g/mol. The Morgan fingerprint density at radius 3 is 1.44 bits per heavy atom. The van der Waals surface area contributed by atoms with Crippen molar-refractivity contribution in [3.63, 3.8) is 0 Å². The van der Waals surface area contributed by atoms with Gasteiger partial charge in [0.1, 0.15) is 5.82 Å². The Kier molecular flexibility index (Phi) is 16.1. The molecule has 0 bridgehead atoms. The lowest BCUT2D eigenvalue weighted by Gasteiger charge is -2.26. The van der Waals surface area contributed by atoms with Crippen molar-refractivity contribution in [3.05, 3.63) is 144 Å². The third kappa shape index (κ3) is 12.9. The molecule has 10 rings (SSSR count). The average molecular weight is 989 g/mol. The van der Waals surface area contributed by atoms with Gasteiger partial charge in [-0.15, -0.1) is 0 Å². The van der Waals surface area contributed by atoms with Crippen LogP contribution in [0.15, 0.2) is 116 Å². The van der Waals surface area contributed by atoms with Crippen LogP contribution in [-0.2, 0) is 26.2 Å². The molecule has 2 aliphatic carbocycles. The zero-order chi connectivity index (χ0) is 50.7. The number of aliphatic hydroxyl groups is 2. The number of halogens is 1. The number of hydrogen-bond donors (Lipinski definition) is 8. The number of carbonyl (C=O) groups is 2. The van der Waals surface area contributed by atoms with Gasteiger partial charge < -0.3 is 51.2 Å². The molecular formula is C54H61FN14O4. The number of aliphatic hydroxyl groups excluding tert-OH is 2. The van der Waals surface area contributed by atoms with Crippen molar-refractivity contribution in [1.82, 2.24) is 49.7 Å². The molecule has 8 N–H and O–H groups in total. The summed E-state index contributed by atoms with van der Waals surface area (Å²) in [5, 5.41) is 39.0. The van der Waals surface area contributed by atoms with Gasteiger partial charge in [0.2, 0.25) is 11.9 Å². The summed E-state index contributed by atoms with van der Waals surface area (Å²) >= 11 is 0. The molecule has 2 amide bonds. The van der Waals surface area contributed by atoms with E-state index in [2.05, 4.69) is 41.9 Å². The highest BCUT2D eigenvalue weighted by Crippen LogP contribution is 2.29. The maximum absolute atomic E-state index is 13.1. The van der Waals surface area contributed by atoms with Crippen LogP contribution in [0.2, 0.25) is 0 Å². The number of imidazole rings is 2. The highest BCUT2D eigenvalue weighted by Gasteiger charge is 2.23. The molecule has 0 radical (unpaired) electrons. The van der Waals surface area contributed by atoms with Crippen molar-refractivity contribution < 1.29 is 24.2 Å². The van der Waals surface area contributed by atoms with Crippen LogP contribution in [0.5, 0.6) is 0 Å². The van der Waals surface area contributed by atoms with Gasteiger partial charge in [0, 0.05) is 60.8 Å². The van der Waals surface area contributed by atoms with Gasteiger partial charge in [-0.05, 0) is 125 Å². The van der Waals surface area contributed by atoms with Gasteiger partial charge in [0.15, 0.2) is 34.0 Å². The number of rotatable bonds is 16. The van der Waals surface area contributed by atoms with Crippen molar-refractivity contribution in [1.29, 1.82) is 0 Å². The minimum Gasteiger partial charge on any atom is -0.393 e. The fraction of sp³-hybridized carbons (Fsp3) is 0.333. The second kappa shape index (κ2) is 23.5. The van der Waals surface area contributed by atoms with E-state index in [0.717, 1.165) is 80.4 Å². The van der Waals surface area contributed by atoms with E-state index in [-0.39, 0.29) is 41.9 Å². The van der Waals surface area contributed by atoms with Gasteiger partial charge in [-0.3, -0.25) is 9.59 Å². The Bertz CT molecular complexity index is 3130. The van der Waals surface area contributed by atoms with Crippen LogP contribution in [0.4, 0.5) is 39.3 Å². The molecule has 4 heterocycles. The minimum absolute atomic E-state index is 0.146. The first-order chi connectivity index (χ1) is 35.6. The van der Waals surface area contributed by atoms with Crippen molar-refractivity contribution in [2.45, 2.75) is 116 Å². The number of aryl methyl sites for hydroxylation is 2. The van der Waals surface area contributed by atoms with Gasteiger partial charge in [0.25, 0.3) is 11.8 Å². The minimum atomic E-state index is -0.313. The zero-order valence-corrected chi connectivity index (χ0v) is 40.9. The van der Waals surface area contributed by atoms with Crippen LogP contribution < -0.4 is 31.9 Å². The Balaban J connectivity index is 0.000000180. The van der Waals surface area contributed by atoms with E-state index in [1.807, 2.05) is 71.5 Å². The smallest absolute Gasteiger partial charge is 0.251 e. The maximum atomic E-state index is 13.1. The summed E-state index contributed by atoms with van der Waals surface area (Å²) in [5.74, 6) is 1.45. The molecular weight excluding hydrogens is 928 g/mol. The number of carbonyl (C=O) groups excluding carboxylic acids is 2. The Labute approximate surface area is 422 Å². The predicted molar refractivity (Wildman–Crippen MR) is 280 cm³/mol. The van der Waals surface area contributed by atoms with Crippen molar-refractivity contribution >= 4 is 69.0 Å². The van der Waals surface area contributed by atoms with Crippen LogP contribution in [-0.4, -0.2) is 85.4 Å². The van der Waals surface area contributed by atoms with Crippen molar-refractivity contribution in [3.8, 4) is 0 Å². The lowest BCUT2D eigenvalue weighted by Crippen LogP contribution is -2.29. The van der Waals surface area contributed by atoms with Gasteiger partial charge >= 0.3 is 0 Å². The number of anilines is 6. The summed E-state index contributed by atoms with van der Waals surface area (Å²) in [7, 11) is 0. The molecule has 73 heavy (non-hydrogen) atoms. The van der Waals surface area contributed by atoms with Crippen LogP contribution >= 0.6 is 0 Å². The lowest BCUT2D eigenvalue weighted by atomic mass is 9.93. The van der Waals surface area contributed by atoms with Crippen LogP contribution in [0.25, 0.3) is 22.3 Å². The molecule has 4 aromatic carbocycles. The number of nitrogens with one attached hydrogen (secondary N) is 6. The summed E-state index contributed by atoms with van der Waals surface area (Å²) in [4.78, 5) is 53.5. The van der Waals surface area contributed by atoms with Crippen molar-refractivity contribution in [2.24, 2.45) is 0 Å². The molecule has 18 nitrogen and oxygen atoms in total. The summed E-state index contributed by atoms with van der Waals surface area (Å²) in [6.45, 7) is 6.28. The predicted octanol–water partition coefficient (Wildman–Crippen LogP) is 8.61. The van der Waals surface area contributed by atoms with E-state index >= 15 is 0 Å². The van der Waals surface area contributed by atoms with Gasteiger partial charge in [0.05, 0.1) is 24.9 Å². The van der Waals surface area contributed by atoms with Crippen LogP contribution in [0.3, 0.4) is 0 Å². The summed E-state index contributed by atoms with van der Waals surface area (Å²) in [6, 6.07) is 30.7. The largest absolute Gasteiger partial charge is 0.393 e. The second-order valence-electron chi connectivity index (χ2n) is 18.4. The van der Waals surface area contributed by atoms with E-state index in [4.69, 9.17) is 19.9 Å². The molecule has 378 valence electrons.